The number of anilines is 1. The minimum absolute atomic E-state index is 0. The fraction of sp³-hybridized carbons (Fsp3) is 0. The molecule has 0 saturated carbocycles. The molecule has 2 N–H and O–H groups in total. The molecule has 0 aliphatic rings. The van der Waals surface area contributed by atoms with Crippen molar-refractivity contribution in [3.05, 3.63) is 10.7 Å². The van der Waals surface area contributed by atoms with Crippen molar-refractivity contribution in [2.45, 2.75) is 5.16 Å². The van der Waals surface area contributed by atoms with E-state index in [9.17, 15) is 0 Å². The Hall–Kier alpha value is 0.710. The second-order valence-electron chi connectivity index (χ2n) is 1.40. The van der Waals surface area contributed by atoms with Gasteiger partial charge in [-0.15, -0.1) is 12.6 Å². The van der Waals surface area contributed by atoms with E-state index >= 15 is 0 Å². The van der Waals surface area contributed by atoms with Crippen LogP contribution in [-0.4, -0.2) is 39.5 Å². The molecule has 0 bridgehead atoms. The standard InChI is InChI=1S/C4H4BrN3S.Na.H/c5-2-1-7-4(9)8-3(2)6;;/h1H,(H3,6,7,8,9);;. The van der Waals surface area contributed by atoms with Gasteiger partial charge in [0.1, 0.15) is 5.82 Å². The molecule has 1 aromatic heterocycles. The number of thiol groups is 1. The van der Waals surface area contributed by atoms with Crippen LogP contribution in [0.25, 0.3) is 0 Å². The molecule has 0 spiro atoms. The molecule has 50 valence electrons. The molecule has 0 atom stereocenters. The summed E-state index contributed by atoms with van der Waals surface area (Å²) in [6.45, 7) is 0. The third-order valence-corrected chi connectivity index (χ3v) is 1.58. The van der Waals surface area contributed by atoms with E-state index in [2.05, 4.69) is 38.5 Å². The van der Waals surface area contributed by atoms with Gasteiger partial charge in [0.15, 0.2) is 5.16 Å². The fourth-order valence-electron chi connectivity index (χ4n) is 0.371. The van der Waals surface area contributed by atoms with E-state index in [0.29, 0.717) is 15.4 Å². The molecule has 0 unspecified atom stereocenters. The molecule has 6 heteroatoms. The monoisotopic (exact) mass is 229 g/mol. The Morgan fingerprint density at radius 2 is 2.20 bits per heavy atom. The number of hydrogen-bond donors (Lipinski definition) is 2. The molecule has 0 aliphatic carbocycles. The third-order valence-electron chi connectivity index (χ3n) is 0.759. The van der Waals surface area contributed by atoms with Crippen molar-refractivity contribution in [2.24, 2.45) is 0 Å². The van der Waals surface area contributed by atoms with Gasteiger partial charge in [0, 0.05) is 6.20 Å². The molecule has 0 saturated heterocycles. The van der Waals surface area contributed by atoms with Gasteiger partial charge in [0.05, 0.1) is 4.47 Å². The molecule has 1 heterocycles. The number of nitrogen functional groups attached to an aromatic ring is 1. The first kappa shape index (κ1) is 10.7. The van der Waals surface area contributed by atoms with E-state index in [1.807, 2.05) is 0 Å². The quantitative estimate of drug-likeness (QED) is 0.386. The Morgan fingerprint density at radius 1 is 1.60 bits per heavy atom. The van der Waals surface area contributed by atoms with Crippen LogP contribution in [0.5, 0.6) is 0 Å². The summed E-state index contributed by atoms with van der Waals surface area (Å²) in [5.41, 5.74) is 5.37. The van der Waals surface area contributed by atoms with E-state index in [0.717, 1.165) is 0 Å². The van der Waals surface area contributed by atoms with Crippen LogP contribution in [0.15, 0.2) is 15.8 Å². The van der Waals surface area contributed by atoms with Crippen LogP contribution in [0.1, 0.15) is 0 Å². The second kappa shape index (κ2) is 4.56. The summed E-state index contributed by atoms with van der Waals surface area (Å²) in [6, 6.07) is 0. The maximum atomic E-state index is 5.37. The number of nitrogens with zero attached hydrogens (tertiary/aromatic N) is 2. The van der Waals surface area contributed by atoms with Gasteiger partial charge in [0.2, 0.25) is 0 Å². The third kappa shape index (κ3) is 2.75. The van der Waals surface area contributed by atoms with E-state index in [-0.39, 0.29) is 29.6 Å². The Bertz CT molecular complexity index is 232. The molecule has 10 heavy (non-hydrogen) atoms. The Balaban J connectivity index is 0.000000810. The summed E-state index contributed by atoms with van der Waals surface area (Å²) in [5, 5.41) is 0.385. The molecular formula is C4H5BrN3NaS. The number of hydrogen-bond acceptors (Lipinski definition) is 4. The summed E-state index contributed by atoms with van der Waals surface area (Å²) in [5.74, 6) is 0.412. The first-order valence-electron chi connectivity index (χ1n) is 2.17. The van der Waals surface area contributed by atoms with Crippen molar-refractivity contribution >= 4 is 63.9 Å². The predicted octanol–water partition coefficient (Wildman–Crippen LogP) is 0.461. The van der Waals surface area contributed by atoms with Crippen LogP contribution in [0, 0.1) is 0 Å². The van der Waals surface area contributed by atoms with E-state index < -0.39 is 0 Å². The number of nitrogens with two attached hydrogens (primary N) is 1. The average molecular weight is 230 g/mol. The van der Waals surface area contributed by atoms with Gasteiger partial charge in [-0.1, -0.05) is 0 Å². The summed E-state index contributed by atoms with van der Waals surface area (Å²) >= 11 is 7.02. The van der Waals surface area contributed by atoms with Crippen LogP contribution >= 0.6 is 28.6 Å². The van der Waals surface area contributed by atoms with Gasteiger partial charge in [-0.2, -0.15) is 0 Å². The summed E-state index contributed by atoms with van der Waals surface area (Å²) in [4.78, 5) is 7.52. The van der Waals surface area contributed by atoms with Crippen molar-refractivity contribution in [3.63, 3.8) is 0 Å². The molecule has 3 nitrogen and oxygen atoms in total. The second-order valence-corrected chi connectivity index (χ2v) is 2.66. The summed E-state index contributed by atoms with van der Waals surface area (Å²) in [7, 11) is 0. The first-order chi connectivity index (χ1) is 4.20. The number of rotatable bonds is 0. The maximum absolute atomic E-state index is 5.37. The van der Waals surface area contributed by atoms with Crippen LogP contribution in [0.2, 0.25) is 0 Å². The van der Waals surface area contributed by atoms with Gasteiger partial charge in [-0.25, -0.2) is 9.97 Å². The van der Waals surface area contributed by atoms with Crippen LogP contribution in [0.4, 0.5) is 5.82 Å². The van der Waals surface area contributed by atoms with Crippen molar-refractivity contribution < 1.29 is 0 Å². The molecule has 1 rings (SSSR count). The van der Waals surface area contributed by atoms with Gasteiger partial charge in [-0.05, 0) is 15.9 Å². The topological polar surface area (TPSA) is 51.8 Å². The minimum atomic E-state index is 0. The molecule has 0 amide bonds. The van der Waals surface area contributed by atoms with Gasteiger partial charge in [-0.3, -0.25) is 0 Å². The van der Waals surface area contributed by atoms with Gasteiger partial charge < -0.3 is 5.73 Å². The van der Waals surface area contributed by atoms with E-state index in [1.165, 1.54) is 0 Å². The fourth-order valence-corrected chi connectivity index (χ4v) is 0.727. The SMILES string of the molecule is Nc1nc(S)ncc1Br.[NaH]. The zero-order valence-electron chi connectivity index (χ0n) is 4.37. The molecular weight excluding hydrogens is 225 g/mol. The Labute approximate surface area is 94.6 Å². The van der Waals surface area contributed by atoms with Crippen molar-refractivity contribution in [3.8, 4) is 0 Å². The molecule has 0 fully saturated rings. The normalized spacial score (nSPS) is 8.60. The van der Waals surface area contributed by atoms with Crippen molar-refractivity contribution in [1.29, 1.82) is 0 Å². The molecule has 0 radical (unpaired) electrons. The summed E-state index contributed by atoms with van der Waals surface area (Å²) < 4.78 is 0.695. The molecule has 0 aromatic carbocycles. The van der Waals surface area contributed by atoms with Gasteiger partial charge >= 0.3 is 29.6 Å². The van der Waals surface area contributed by atoms with Crippen molar-refractivity contribution in [2.75, 3.05) is 5.73 Å². The molecule has 1 aromatic rings. The van der Waals surface area contributed by atoms with E-state index in [4.69, 9.17) is 5.73 Å². The van der Waals surface area contributed by atoms with Gasteiger partial charge in [0.25, 0.3) is 0 Å². The first-order valence-corrected chi connectivity index (χ1v) is 3.41. The van der Waals surface area contributed by atoms with Crippen LogP contribution < -0.4 is 5.73 Å². The number of aromatic nitrogens is 2. The van der Waals surface area contributed by atoms with E-state index in [1.54, 1.807) is 6.20 Å². The zero-order chi connectivity index (χ0) is 6.85. The average Bonchev–Trinajstić information content (AvgIpc) is 1.80. The van der Waals surface area contributed by atoms with Crippen molar-refractivity contribution in [1.82, 2.24) is 9.97 Å². The Kier molecular flexibility index (Phi) is 4.88. The van der Waals surface area contributed by atoms with Crippen LogP contribution in [-0.2, 0) is 0 Å². The molecule has 0 aliphatic heterocycles. The number of halogens is 1. The zero-order valence-corrected chi connectivity index (χ0v) is 6.85. The Morgan fingerprint density at radius 3 is 2.60 bits per heavy atom. The summed E-state index contributed by atoms with van der Waals surface area (Å²) in [6.07, 6.45) is 1.56. The van der Waals surface area contributed by atoms with Crippen LogP contribution in [0.3, 0.4) is 0 Å². The predicted molar refractivity (Wildman–Crippen MR) is 48.5 cm³/mol.